The van der Waals surface area contributed by atoms with Crippen molar-refractivity contribution in [1.82, 2.24) is 20.7 Å². The van der Waals surface area contributed by atoms with Crippen LogP contribution in [0.2, 0.25) is 0 Å². The molecule has 7 heteroatoms. The minimum Gasteiger partial charge on any atom is -0.480 e. The van der Waals surface area contributed by atoms with Crippen LogP contribution in [0.25, 0.3) is 11.3 Å². The van der Waals surface area contributed by atoms with Gasteiger partial charge in [0.25, 0.3) is 5.91 Å². The summed E-state index contributed by atoms with van der Waals surface area (Å²) in [5, 5.41) is 21.9. The topological polar surface area (TPSA) is 108 Å². The lowest BCUT2D eigenvalue weighted by Crippen LogP contribution is -2.42. The fourth-order valence-corrected chi connectivity index (χ4v) is 2.11. The van der Waals surface area contributed by atoms with E-state index in [1.54, 1.807) is 12.1 Å². The number of carbonyl (C=O) groups is 2. The summed E-state index contributed by atoms with van der Waals surface area (Å²) in [7, 11) is 0. The van der Waals surface area contributed by atoms with E-state index in [0.717, 1.165) is 5.56 Å². The first kappa shape index (κ1) is 15.7. The van der Waals surface area contributed by atoms with Gasteiger partial charge in [-0.25, -0.2) is 4.79 Å². The lowest BCUT2D eigenvalue weighted by Gasteiger charge is -2.15. The van der Waals surface area contributed by atoms with Crippen LogP contribution in [0.15, 0.2) is 30.3 Å². The Hall–Kier alpha value is -2.70. The quantitative estimate of drug-likeness (QED) is 0.752. The highest BCUT2D eigenvalue weighted by Crippen LogP contribution is 2.19. The van der Waals surface area contributed by atoms with Gasteiger partial charge in [0.1, 0.15) is 11.7 Å². The Morgan fingerprint density at radius 2 is 1.91 bits per heavy atom. The molecule has 0 saturated carbocycles. The molecule has 2 rings (SSSR count). The molecule has 1 atom stereocenters. The number of aromatic nitrogens is 3. The lowest BCUT2D eigenvalue weighted by molar-refractivity contribution is -0.139. The molecule has 0 spiro atoms. The molecule has 1 heterocycles. The second-order valence-electron chi connectivity index (χ2n) is 5.38. The normalized spacial score (nSPS) is 12.1. The second-order valence-corrected chi connectivity index (χ2v) is 5.38. The Balaban J connectivity index is 2.20. The van der Waals surface area contributed by atoms with E-state index < -0.39 is 17.9 Å². The molecule has 0 radical (unpaired) electrons. The molecular weight excluding hydrogens is 284 g/mol. The smallest absolute Gasteiger partial charge is 0.326 e. The van der Waals surface area contributed by atoms with E-state index in [9.17, 15) is 14.7 Å². The van der Waals surface area contributed by atoms with E-state index in [1.807, 2.05) is 32.0 Å². The van der Waals surface area contributed by atoms with Crippen molar-refractivity contribution in [3.05, 3.63) is 36.0 Å². The van der Waals surface area contributed by atoms with Gasteiger partial charge in [0.05, 0.1) is 0 Å². The number of nitrogens with one attached hydrogen (secondary N) is 2. The highest BCUT2D eigenvalue weighted by atomic mass is 16.4. The van der Waals surface area contributed by atoms with Gasteiger partial charge >= 0.3 is 5.97 Å². The van der Waals surface area contributed by atoms with Gasteiger partial charge in [0.15, 0.2) is 5.69 Å². The lowest BCUT2D eigenvalue weighted by atomic mass is 10.0. The maximum absolute atomic E-state index is 12.3. The van der Waals surface area contributed by atoms with Crippen LogP contribution in [0.4, 0.5) is 0 Å². The number of carbonyl (C=O) groups excluding carboxylic acids is 1. The Labute approximate surface area is 127 Å². The van der Waals surface area contributed by atoms with Crippen molar-refractivity contribution < 1.29 is 14.7 Å². The van der Waals surface area contributed by atoms with Gasteiger partial charge in [-0.1, -0.05) is 44.2 Å². The van der Waals surface area contributed by atoms with E-state index in [4.69, 9.17) is 0 Å². The fraction of sp³-hybridized carbons (Fsp3) is 0.333. The summed E-state index contributed by atoms with van der Waals surface area (Å²) in [4.78, 5) is 23.5. The summed E-state index contributed by atoms with van der Waals surface area (Å²) in [6.07, 6.45) is 0.347. The van der Waals surface area contributed by atoms with Crippen LogP contribution in [-0.2, 0) is 4.79 Å². The van der Waals surface area contributed by atoms with Crippen LogP contribution in [0.5, 0.6) is 0 Å². The Kier molecular flexibility index (Phi) is 4.88. The Morgan fingerprint density at radius 3 is 2.50 bits per heavy atom. The van der Waals surface area contributed by atoms with Crippen LogP contribution < -0.4 is 5.32 Å². The van der Waals surface area contributed by atoms with Crippen molar-refractivity contribution in [3.63, 3.8) is 0 Å². The van der Waals surface area contributed by atoms with E-state index in [1.165, 1.54) is 0 Å². The summed E-state index contributed by atoms with van der Waals surface area (Å²) in [5.41, 5.74) is 1.21. The first-order valence-corrected chi connectivity index (χ1v) is 6.99. The first-order valence-electron chi connectivity index (χ1n) is 6.99. The van der Waals surface area contributed by atoms with Crippen LogP contribution in [-0.4, -0.2) is 38.4 Å². The number of aromatic amines is 1. The molecule has 1 aromatic heterocycles. The van der Waals surface area contributed by atoms with Crippen LogP contribution in [0, 0.1) is 5.92 Å². The third-order valence-electron chi connectivity index (χ3n) is 3.12. The van der Waals surface area contributed by atoms with E-state index in [-0.39, 0.29) is 11.6 Å². The summed E-state index contributed by atoms with van der Waals surface area (Å²) < 4.78 is 0. The maximum atomic E-state index is 12.3. The number of rotatable bonds is 6. The highest BCUT2D eigenvalue weighted by molar-refractivity contribution is 5.99. The van der Waals surface area contributed by atoms with Gasteiger partial charge in [-0.15, -0.1) is 0 Å². The third kappa shape index (κ3) is 3.69. The zero-order valence-corrected chi connectivity index (χ0v) is 12.4. The van der Waals surface area contributed by atoms with Crippen molar-refractivity contribution in [3.8, 4) is 11.3 Å². The Morgan fingerprint density at radius 1 is 1.23 bits per heavy atom. The first-order chi connectivity index (χ1) is 10.5. The number of hydrogen-bond acceptors (Lipinski definition) is 4. The molecule has 2 aromatic rings. The number of nitrogens with zero attached hydrogens (tertiary/aromatic N) is 2. The van der Waals surface area contributed by atoms with Gasteiger partial charge in [-0.2, -0.15) is 15.4 Å². The molecule has 1 aromatic carbocycles. The zero-order chi connectivity index (χ0) is 16.1. The predicted molar refractivity (Wildman–Crippen MR) is 80.2 cm³/mol. The molecule has 0 aliphatic carbocycles. The molecule has 0 aliphatic heterocycles. The number of carboxylic acids is 1. The van der Waals surface area contributed by atoms with Crippen LogP contribution >= 0.6 is 0 Å². The van der Waals surface area contributed by atoms with Gasteiger partial charge in [-0.3, -0.25) is 4.79 Å². The van der Waals surface area contributed by atoms with Crippen molar-refractivity contribution in [2.24, 2.45) is 5.92 Å². The standard InChI is InChI=1S/C15H18N4O3/c1-9(2)8-11(15(21)22)16-14(20)13-12(17-19-18-13)10-6-4-3-5-7-10/h3-7,9,11H,8H2,1-2H3,(H,16,20)(H,21,22)(H,17,18,19)/t11-/m1/s1. The second kappa shape index (κ2) is 6.84. The third-order valence-corrected chi connectivity index (χ3v) is 3.12. The largest absolute Gasteiger partial charge is 0.480 e. The number of benzene rings is 1. The molecule has 0 unspecified atom stereocenters. The van der Waals surface area contributed by atoms with Crippen LogP contribution in [0.1, 0.15) is 30.8 Å². The molecular formula is C15H18N4O3. The molecule has 3 N–H and O–H groups in total. The van der Waals surface area contributed by atoms with Crippen molar-refractivity contribution in [2.45, 2.75) is 26.3 Å². The average Bonchev–Trinajstić information content (AvgIpc) is 2.96. The average molecular weight is 302 g/mol. The van der Waals surface area contributed by atoms with Crippen molar-refractivity contribution >= 4 is 11.9 Å². The van der Waals surface area contributed by atoms with Gasteiger partial charge < -0.3 is 10.4 Å². The van der Waals surface area contributed by atoms with Gasteiger partial charge in [0.2, 0.25) is 0 Å². The molecule has 116 valence electrons. The van der Waals surface area contributed by atoms with E-state index >= 15 is 0 Å². The summed E-state index contributed by atoms with van der Waals surface area (Å²) in [5.74, 6) is -1.47. The highest BCUT2D eigenvalue weighted by Gasteiger charge is 2.25. The summed E-state index contributed by atoms with van der Waals surface area (Å²) >= 11 is 0. The minimum absolute atomic E-state index is 0.0845. The van der Waals surface area contributed by atoms with E-state index in [0.29, 0.717) is 12.1 Å². The molecule has 1 amide bonds. The molecule has 0 aliphatic rings. The van der Waals surface area contributed by atoms with Crippen molar-refractivity contribution in [1.29, 1.82) is 0 Å². The molecule has 7 nitrogen and oxygen atoms in total. The van der Waals surface area contributed by atoms with Crippen LogP contribution in [0.3, 0.4) is 0 Å². The fourth-order valence-electron chi connectivity index (χ4n) is 2.11. The summed E-state index contributed by atoms with van der Waals surface area (Å²) in [6.45, 7) is 3.79. The zero-order valence-electron chi connectivity index (χ0n) is 12.4. The number of amides is 1. The Bertz CT molecular complexity index is 652. The summed E-state index contributed by atoms with van der Waals surface area (Å²) in [6, 6.07) is 8.16. The predicted octanol–water partition coefficient (Wildman–Crippen LogP) is 1.70. The van der Waals surface area contributed by atoms with Crippen molar-refractivity contribution in [2.75, 3.05) is 0 Å². The molecule has 0 fully saturated rings. The molecule has 22 heavy (non-hydrogen) atoms. The number of carboxylic acid groups (broad SMARTS) is 1. The minimum atomic E-state index is -1.06. The van der Waals surface area contributed by atoms with E-state index in [2.05, 4.69) is 20.7 Å². The monoisotopic (exact) mass is 302 g/mol. The molecule has 0 bridgehead atoms. The number of hydrogen-bond donors (Lipinski definition) is 3. The van der Waals surface area contributed by atoms with Gasteiger partial charge in [0, 0.05) is 5.56 Å². The maximum Gasteiger partial charge on any atom is 0.326 e. The van der Waals surface area contributed by atoms with Gasteiger partial charge in [-0.05, 0) is 12.3 Å². The number of aliphatic carboxylic acids is 1. The number of H-pyrrole nitrogens is 1. The molecule has 0 saturated heterocycles. The SMILES string of the molecule is CC(C)C[C@@H](NC(=O)c1n[nH]nc1-c1ccccc1)C(=O)O.